The highest BCUT2D eigenvalue weighted by Gasteiger charge is 2.10. The van der Waals surface area contributed by atoms with Gasteiger partial charge in [0, 0.05) is 23.1 Å². The number of anilines is 1. The van der Waals surface area contributed by atoms with Crippen molar-refractivity contribution in [1.29, 1.82) is 0 Å². The molecule has 0 radical (unpaired) electrons. The van der Waals surface area contributed by atoms with Gasteiger partial charge in [-0.15, -0.1) is 0 Å². The Bertz CT molecular complexity index is 606. The number of benzene rings is 1. The third kappa shape index (κ3) is 3.15. The minimum atomic E-state index is -0.128. The lowest BCUT2D eigenvalue weighted by molar-refractivity contribution is 0.102. The molecule has 0 unspecified atom stereocenters. The number of aromatic nitrogens is 1. The van der Waals surface area contributed by atoms with E-state index in [0.29, 0.717) is 12.2 Å². The monoisotopic (exact) mass is 270 g/mol. The smallest absolute Gasteiger partial charge is 0.256 e. The first-order chi connectivity index (χ1) is 9.61. The minimum Gasteiger partial charge on any atom is -0.494 e. The molecule has 4 nitrogen and oxygen atoms in total. The van der Waals surface area contributed by atoms with Crippen LogP contribution >= 0.6 is 0 Å². The molecule has 2 rings (SSSR count). The van der Waals surface area contributed by atoms with Crippen molar-refractivity contribution in [3.8, 4) is 5.75 Å². The van der Waals surface area contributed by atoms with E-state index in [0.717, 1.165) is 22.7 Å². The van der Waals surface area contributed by atoms with Crippen molar-refractivity contribution in [3.05, 3.63) is 53.3 Å². The van der Waals surface area contributed by atoms with E-state index in [9.17, 15) is 4.79 Å². The maximum absolute atomic E-state index is 12.2. The Balaban J connectivity index is 2.13. The average molecular weight is 270 g/mol. The van der Waals surface area contributed by atoms with Crippen LogP contribution in [0.1, 0.15) is 28.5 Å². The second-order valence-electron chi connectivity index (χ2n) is 4.48. The first kappa shape index (κ1) is 14.1. The summed E-state index contributed by atoms with van der Waals surface area (Å²) in [7, 11) is 0. The summed E-state index contributed by atoms with van der Waals surface area (Å²) < 4.78 is 5.36. The Kier molecular flexibility index (Phi) is 4.35. The predicted molar refractivity (Wildman–Crippen MR) is 79.3 cm³/mol. The molecule has 0 aliphatic rings. The van der Waals surface area contributed by atoms with E-state index in [1.807, 2.05) is 45.0 Å². The standard InChI is InChI=1S/C16H18N2O2/c1-4-20-14-7-5-13(6-8-14)18-16(19)15-9-10-17-12(3)11(15)2/h5-10H,4H2,1-3H3,(H,18,19). The molecule has 0 bridgehead atoms. The van der Waals surface area contributed by atoms with Crippen LogP contribution in [0.5, 0.6) is 5.75 Å². The van der Waals surface area contributed by atoms with Crippen molar-refractivity contribution in [3.63, 3.8) is 0 Å². The van der Waals surface area contributed by atoms with Gasteiger partial charge in [0.05, 0.1) is 6.61 Å². The molecule has 1 N–H and O–H groups in total. The zero-order chi connectivity index (χ0) is 14.5. The second-order valence-corrected chi connectivity index (χ2v) is 4.48. The van der Waals surface area contributed by atoms with Crippen LogP contribution in [-0.2, 0) is 0 Å². The molecule has 2 aromatic rings. The van der Waals surface area contributed by atoms with Gasteiger partial charge < -0.3 is 10.1 Å². The Morgan fingerprint density at radius 2 is 1.90 bits per heavy atom. The number of pyridine rings is 1. The molecule has 1 amide bonds. The first-order valence-corrected chi connectivity index (χ1v) is 6.58. The number of carbonyl (C=O) groups is 1. The van der Waals surface area contributed by atoms with Crippen LogP contribution in [0, 0.1) is 13.8 Å². The van der Waals surface area contributed by atoms with E-state index in [-0.39, 0.29) is 5.91 Å². The lowest BCUT2D eigenvalue weighted by atomic mass is 10.1. The zero-order valence-electron chi connectivity index (χ0n) is 11.9. The average Bonchev–Trinajstić information content (AvgIpc) is 2.44. The van der Waals surface area contributed by atoms with Gasteiger partial charge >= 0.3 is 0 Å². The first-order valence-electron chi connectivity index (χ1n) is 6.58. The summed E-state index contributed by atoms with van der Waals surface area (Å²) in [4.78, 5) is 16.4. The highest BCUT2D eigenvalue weighted by atomic mass is 16.5. The van der Waals surface area contributed by atoms with Gasteiger partial charge in [0.1, 0.15) is 5.75 Å². The van der Waals surface area contributed by atoms with Crippen molar-refractivity contribution in [2.45, 2.75) is 20.8 Å². The molecular formula is C16H18N2O2. The Hall–Kier alpha value is -2.36. The summed E-state index contributed by atoms with van der Waals surface area (Å²) in [6, 6.07) is 9.05. The number of hydrogen-bond donors (Lipinski definition) is 1. The molecule has 0 aliphatic carbocycles. The fourth-order valence-corrected chi connectivity index (χ4v) is 1.89. The van der Waals surface area contributed by atoms with Crippen LogP contribution in [0.2, 0.25) is 0 Å². The summed E-state index contributed by atoms with van der Waals surface area (Å²) in [5.41, 5.74) is 3.15. The van der Waals surface area contributed by atoms with Crippen LogP contribution in [-0.4, -0.2) is 17.5 Å². The second kappa shape index (κ2) is 6.19. The fraction of sp³-hybridized carbons (Fsp3) is 0.250. The molecule has 0 spiro atoms. The molecule has 104 valence electrons. The number of amides is 1. The van der Waals surface area contributed by atoms with Gasteiger partial charge in [-0.05, 0) is 56.7 Å². The van der Waals surface area contributed by atoms with Crippen molar-refractivity contribution in [1.82, 2.24) is 4.98 Å². The fourth-order valence-electron chi connectivity index (χ4n) is 1.89. The summed E-state index contributed by atoms with van der Waals surface area (Å²) in [5.74, 6) is 0.665. The number of rotatable bonds is 4. The minimum absolute atomic E-state index is 0.128. The van der Waals surface area contributed by atoms with E-state index >= 15 is 0 Å². The lowest BCUT2D eigenvalue weighted by Gasteiger charge is -2.09. The Labute approximate surface area is 118 Å². The van der Waals surface area contributed by atoms with E-state index in [1.54, 1.807) is 12.3 Å². The third-order valence-electron chi connectivity index (χ3n) is 3.12. The van der Waals surface area contributed by atoms with Crippen molar-refractivity contribution < 1.29 is 9.53 Å². The molecule has 0 atom stereocenters. The Morgan fingerprint density at radius 3 is 2.55 bits per heavy atom. The van der Waals surface area contributed by atoms with Crippen LogP contribution in [0.25, 0.3) is 0 Å². The Morgan fingerprint density at radius 1 is 1.20 bits per heavy atom. The molecule has 4 heteroatoms. The van der Waals surface area contributed by atoms with Gasteiger partial charge in [0.2, 0.25) is 0 Å². The number of nitrogens with zero attached hydrogens (tertiary/aromatic N) is 1. The largest absolute Gasteiger partial charge is 0.494 e. The molecule has 1 heterocycles. The zero-order valence-corrected chi connectivity index (χ0v) is 11.9. The molecule has 20 heavy (non-hydrogen) atoms. The summed E-state index contributed by atoms with van der Waals surface area (Å²) >= 11 is 0. The SMILES string of the molecule is CCOc1ccc(NC(=O)c2ccnc(C)c2C)cc1. The van der Waals surface area contributed by atoms with E-state index in [2.05, 4.69) is 10.3 Å². The number of ether oxygens (including phenoxy) is 1. The molecule has 0 fully saturated rings. The van der Waals surface area contributed by atoms with E-state index in [4.69, 9.17) is 4.74 Å². The summed E-state index contributed by atoms with van der Waals surface area (Å²) in [5, 5.41) is 2.87. The molecule has 1 aromatic heterocycles. The van der Waals surface area contributed by atoms with Crippen LogP contribution in [0.4, 0.5) is 5.69 Å². The third-order valence-corrected chi connectivity index (χ3v) is 3.12. The van der Waals surface area contributed by atoms with Crippen molar-refractivity contribution in [2.75, 3.05) is 11.9 Å². The topological polar surface area (TPSA) is 51.2 Å². The number of carbonyl (C=O) groups excluding carboxylic acids is 1. The van der Waals surface area contributed by atoms with Gasteiger partial charge in [-0.25, -0.2) is 0 Å². The predicted octanol–water partition coefficient (Wildman–Crippen LogP) is 3.35. The van der Waals surface area contributed by atoms with Crippen molar-refractivity contribution in [2.24, 2.45) is 0 Å². The van der Waals surface area contributed by atoms with Gasteiger partial charge in [-0.3, -0.25) is 9.78 Å². The van der Waals surface area contributed by atoms with Crippen LogP contribution < -0.4 is 10.1 Å². The number of hydrogen-bond acceptors (Lipinski definition) is 3. The summed E-state index contributed by atoms with van der Waals surface area (Å²) in [6.45, 7) is 6.35. The molecule has 0 aliphatic heterocycles. The summed E-state index contributed by atoms with van der Waals surface area (Å²) in [6.07, 6.45) is 1.65. The maximum Gasteiger partial charge on any atom is 0.256 e. The van der Waals surface area contributed by atoms with Gasteiger partial charge in [0.25, 0.3) is 5.91 Å². The molecule has 0 saturated heterocycles. The van der Waals surface area contributed by atoms with Gasteiger partial charge in [0.15, 0.2) is 0 Å². The lowest BCUT2D eigenvalue weighted by Crippen LogP contribution is -2.14. The molecule has 0 saturated carbocycles. The molecule has 1 aromatic carbocycles. The van der Waals surface area contributed by atoms with Crippen LogP contribution in [0.15, 0.2) is 36.5 Å². The van der Waals surface area contributed by atoms with Gasteiger partial charge in [-0.2, -0.15) is 0 Å². The van der Waals surface area contributed by atoms with Crippen molar-refractivity contribution >= 4 is 11.6 Å². The highest BCUT2D eigenvalue weighted by Crippen LogP contribution is 2.17. The maximum atomic E-state index is 12.2. The highest BCUT2D eigenvalue weighted by molar-refractivity contribution is 6.05. The number of aryl methyl sites for hydroxylation is 1. The van der Waals surface area contributed by atoms with Crippen LogP contribution in [0.3, 0.4) is 0 Å². The quantitative estimate of drug-likeness (QED) is 0.927. The van der Waals surface area contributed by atoms with E-state index in [1.165, 1.54) is 0 Å². The number of nitrogens with one attached hydrogen (secondary N) is 1. The van der Waals surface area contributed by atoms with E-state index < -0.39 is 0 Å². The normalized spacial score (nSPS) is 10.2. The molecular weight excluding hydrogens is 252 g/mol. The van der Waals surface area contributed by atoms with Gasteiger partial charge in [-0.1, -0.05) is 0 Å².